The summed E-state index contributed by atoms with van der Waals surface area (Å²) in [6.07, 6.45) is 1.50. The standard InChI is InChI=1S/C14H17N3O2/c1-4-17-14(15-9-16-17)8-19-13-7-10(2)5-6-12(13)11(3)18/h5-7,9H,4,8H2,1-3H3. The molecule has 0 N–H and O–H groups in total. The number of benzene rings is 1. The van der Waals surface area contributed by atoms with Crippen LogP contribution >= 0.6 is 0 Å². The zero-order chi connectivity index (χ0) is 13.8. The lowest BCUT2D eigenvalue weighted by molar-refractivity contribution is 0.101. The van der Waals surface area contributed by atoms with Crippen LogP contribution in [-0.2, 0) is 13.2 Å². The first-order chi connectivity index (χ1) is 9.11. The molecule has 0 aliphatic heterocycles. The number of aryl methyl sites for hydroxylation is 2. The van der Waals surface area contributed by atoms with Crippen molar-refractivity contribution >= 4 is 5.78 Å². The molecule has 0 spiro atoms. The van der Waals surface area contributed by atoms with Crippen molar-refractivity contribution in [2.45, 2.75) is 33.9 Å². The van der Waals surface area contributed by atoms with Gasteiger partial charge in [-0.05, 0) is 38.5 Å². The number of carbonyl (C=O) groups is 1. The molecule has 0 unspecified atom stereocenters. The molecule has 0 saturated carbocycles. The van der Waals surface area contributed by atoms with E-state index in [0.717, 1.165) is 17.9 Å². The molecule has 0 aliphatic carbocycles. The van der Waals surface area contributed by atoms with Crippen molar-refractivity contribution in [3.8, 4) is 5.75 Å². The summed E-state index contributed by atoms with van der Waals surface area (Å²) in [7, 11) is 0. The molecule has 0 radical (unpaired) electrons. The Labute approximate surface area is 112 Å². The van der Waals surface area contributed by atoms with E-state index < -0.39 is 0 Å². The second kappa shape index (κ2) is 5.65. The minimum Gasteiger partial charge on any atom is -0.485 e. The number of hydrogen-bond donors (Lipinski definition) is 0. The first-order valence-electron chi connectivity index (χ1n) is 6.23. The molecule has 1 heterocycles. The predicted molar refractivity (Wildman–Crippen MR) is 71.2 cm³/mol. The highest BCUT2D eigenvalue weighted by atomic mass is 16.5. The van der Waals surface area contributed by atoms with Gasteiger partial charge in [0.25, 0.3) is 0 Å². The third-order valence-corrected chi connectivity index (χ3v) is 2.87. The molecule has 0 amide bonds. The van der Waals surface area contributed by atoms with Crippen molar-refractivity contribution in [3.05, 3.63) is 41.5 Å². The molecule has 0 bridgehead atoms. The summed E-state index contributed by atoms with van der Waals surface area (Å²) in [5.74, 6) is 1.34. The number of nitrogens with zero attached hydrogens (tertiary/aromatic N) is 3. The number of aromatic nitrogens is 3. The lowest BCUT2D eigenvalue weighted by Gasteiger charge is -2.10. The van der Waals surface area contributed by atoms with E-state index in [-0.39, 0.29) is 5.78 Å². The van der Waals surface area contributed by atoms with Crippen molar-refractivity contribution in [2.75, 3.05) is 0 Å². The van der Waals surface area contributed by atoms with E-state index in [1.54, 1.807) is 10.7 Å². The van der Waals surface area contributed by atoms with Gasteiger partial charge in [0.2, 0.25) is 0 Å². The summed E-state index contributed by atoms with van der Waals surface area (Å²) in [4.78, 5) is 15.7. The zero-order valence-electron chi connectivity index (χ0n) is 11.4. The van der Waals surface area contributed by atoms with E-state index in [1.165, 1.54) is 13.3 Å². The van der Waals surface area contributed by atoms with Crippen molar-refractivity contribution in [1.82, 2.24) is 14.8 Å². The highest BCUT2D eigenvalue weighted by molar-refractivity contribution is 5.96. The Morgan fingerprint density at radius 2 is 2.21 bits per heavy atom. The van der Waals surface area contributed by atoms with Gasteiger partial charge in [-0.1, -0.05) is 6.07 Å². The Hall–Kier alpha value is -2.17. The number of hydrogen-bond acceptors (Lipinski definition) is 4. The van der Waals surface area contributed by atoms with Gasteiger partial charge in [-0.25, -0.2) is 9.67 Å². The predicted octanol–water partition coefficient (Wildman–Crippen LogP) is 2.39. The van der Waals surface area contributed by atoms with Crippen LogP contribution < -0.4 is 4.74 Å². The molecule has 5 nitrogen and oxygen atoms in total. The van der Waals surface area contributed by atoms with E-state index in [4.69, 9.17) is 4.74 Å². The van der Waals surface area contributed by atoms with Crippen LogP contribution in [0.2, 0.25) is 0 Å². The van der Waals surface area contributed by atoms with Gasteiger partial charge in [0, 0.05) is 6.54 Å². The molecule has 19 heavy (non-hydrogen) atoms. The molecule has 0 fully saturated rings. The van der Waals surface area contributed by atoms with Crippen molar-refractivity contribution in [1.29, 1.82) is 0 Å². The minimum absolute atomic E-state index is 0.00745. The van der Waals surface area contributed by atoms with Gasteiger partial charge in [0.15, 0.2) is 11.6 Å². The third kappa shape index (κ3) is 2.99. The lowest BCUT2D eigenvalue weighted by Crippen LogP contribution is -2.09. The van der Waals surface area contributed by atoms with E-state index in [2.05, 4.69) is 10.1 Å². The summed E-state index contributed by atoms with van der Waals surface area (Å²) in [6.45, 7) is 6.53. The molecule has 100 valence electrons. The first kappa shape index (κ1) is 13.3. The van der Waals surface area contributed by atoms with Crippen LogP contribution in [0.3, 0.4) is 0 Å². The number of rotatable bonds is 5. The Morgan fingerprint density at radius 3 is 2.89 bits per heavy atom. The van der Waals surface area contributed by atoms with Crippen LogP contribution in [0.5, 0.6) is 5.75 Å². The molecule has 2 rings (SSSR count). The third-order valence-electron chi connectivity index (χ3n) is 2.87. The number of carbonyl (C=O) groups excluding carboxylic acids is 1. The number of Topliss-reactive ketones (excluding diaryl/α,β-unsaturated/α-hetero) is 1. The Bertz CT molecular complexity index is 590. The molecule has 1 aromatic carbocycles. The van der Waals surface area contributed by atoms with Crippen LogP contribution in [0.4, 0.5) is 0 Å². The monoisotopic (exact) mass is 259 g/mol. The van der Waals surface area contributed by atoms with Gasteiger partial charge >= 0.3 is 0 Å². The summed E-state index contributed by atoms with van der Waals surface area (Å²) < 4.78 is 7.49. The molecule has 1 aromatic heterocycles. The summed E-state index contributed by atoms with van der Waals surface area (Å²) >= 11 is 0. The van der Waals surface area contributed by atoms with Crippen LogP contribution in [0.1, 0.15) is 35.6 Å². The molecular formula is C14H17N3O2. The SMILES string of the molecule is CCn1ncnc1COc1cc(C)ccc1C(C)=O. The average Bonchev–Trinajstić information content (AvgIpc) is 2.83. The Balaban J connectivity index is 2.19. The molecule has 0 atom stereocenters. The fraction of sp³-hybridized carbons (Fsp3) is 0.357. The van der Waals surface area contributed by atoms with Crippen LogP contribution in [0, 0.1) is 6.92 Å². The molecule has 5 heteroatoms. The highest BCUT2D eigenvalue weighted by Gasteiger charge is 2.10. The van der Waals surface area contributed by atoms with Crippen LogP contribution in [0.25, 0.3) is 0 Å². The van der Waals surface area contributed by atoms with E-state index in [0.29, 0.717) is 17.9 Å². The van der Waals surface area contributed by atoms with Crippen LogP contribution in [0.15, 0.2) is 24.5 Å². The quantitative estimate of drug-likeness (QED) is 0.774. The topological polar surface area (TPSA) is 57.0 Å². The van der Waals surface area contributed by atoms with Gasteiger partial charge in [0.1, 0.15) is 18.7 Å². The van der Waals surface area contributed by atoms with Gasteiger partial charge in [-0.3, -0.25) is 4.79 Å². The molecule has 2 aromatic rings. The van der Waals surface area contributed by atoms with E-state index in [9.17, 15) is 4.79 Å². The fourth-order valence-corrected chi connectivity index (χ4v) is 1.85. The first-order valence-corrected chi connectivity index (χ1v) is 6.23. The summed E-state index contributed by atoms with van der Waals surface area (Å²) in [6, 6.07) is 5.55. The second-order valence-corrected chi connectivity index (χ2v) is 4.34. The number of ketones is 1. The van der Waals surface area contributed by atoms with E-state index >= 15 is 0 Å². The summed E-state index contributed by atoms with van der Waals surface area (Å²) in [5, 5.41) is 4.08. The van der Waals surface area contributed by atoms with Gasteiger partial charge < -0.3 is 4.74 Å². The second-order valence-electron chi connectivity index (χ2n) is 4.34. The summed E-state index contributed by atoms with van der Waals surface area (Å²) in [5.41, 5.74) is 1.64. The zero-order valence-corrected chi connectivity index (χ0v) is 11.4. The molecule has 0 aliphatic rings. The van der Waals surface area contributed by atoms with Crippen molar-refractivity contribution in [3.63, 3.8) is 0 Å². The van der Waals surface area contributed by atoms with Crippen LogP contribution in [-0.4, -0.2) is 20.5 Å². The Kier molecular flexibility index (Phi) is 3.94. The largest absolute Gasteiger partial charge is 0.485 e. The smallest absolute Gasteiger partial charge is 0.164 e. The molecular weight excluding hydrogens is 242 g/mol. The number of ether oxygens (including phenoxy) is 1. The fourth-order valence-electron chi connectivity index (χ4n) is 1.85. The maximum atomic E-state index is 11.5. The van der Waals surface area contributed by atoms with Gasteiger partial charge in [-0.15, -0.1) is 0 Å². The van der Waals surface area contributed by atoms with Gasteiger partial charge in [-0.2, -0.15) is 5.10 Å². The highest BCUT2D eigenvalue weighted by Crippen LogP contribution is 2.21. The maximum absolute atomic E-state index is 11.5. The maximum Gasteiger partial charge on any atom is 0.164 e. The Morgan fingerprint density at radius 1 is 1.42 bits per heavy atom. The minimum atomic E-state index is -0.00745. The van der Waals surface area contributed by atoms with Crippen molar-refractivity contribution in [2.24, 2.45) is 0 Å². The molecule has 0 saturated heterocycles. The van der Waals surface area contributed by atoms with Gasteiger partial charge in [0.05, 0.1) is 5.56 Å². The van der Waals surface area contributed by atoms with E-state index in [1.807, 2.05) is 26.0 Å². The lowest BCUT2D eigenvalue weighted by atomic mass is 10.1. The van der Waals surface area contributed by atoms with Crippen molar-refractivity contribution < 1.29 is 9.53 Å². The average molecular weight is 259 g/mol. The normalized spacial score (nSPS) is 10.5.